The third-order valence-corrected chi connectivity index (χ3v) is 6.10. The van der Waals surface area contributed by atoms with Crippen LogP contribution < -0.4 is 15.4 Å². The van der Waals surface area contributed by atoms with Crippen LogP contribution in [0, 0.1) is 6.92 Å². The van der Waals surface area contributed by atoms with Gasteiger partial charge in [0.15, 0.2) is 0 Å². The molecule has 2 heterocycles. The number of nitrogens with one attached hydrogen (secondary N) is 2. The van der Waals surface area contributed by atoms with E-state index >= 15 is 0 Å². The van der Waals surface area contributed by atoms with Gasteiger partial charge in [-0.2, -0.15) is 8.78 Å². The molecule has 0 radical (unpaired) electrons. The number of carbonyl (C=O) groups excluding carboxylic acids is 2. The monoisotopic (exact) mass is 437 g/mol. The quantitative estimate of drug-likeness (QED) is 0.690. The number of halogens is 2. The Labute approximate surface area is 178 Å². The summed E-state index contributed by atoms with van der Waals surface area (Å²) >= 11 is 1.48. The fourth-order valence-electron chi connectivity index (χ4n) is 3.38. The van der Waals surface area contributed by atoms with Crippen molar-refractivity contribution in [2.45, 2.75) is 45.4 Å². The maximum Gasteiger partial charge on any atom is 0.387 e. The molecule has 1 fully saturated rings. The number of amides is 2. The highest BCUT2D eigenvalue weighted by atomic mass is 32.1. The van der Waals surface area contributed by atoms with Crippen LogP contribution in [0.3, 0.4) is 0 Å². The second-order valence-electron chi connectivity index (χ2n) is 7.26. The maximum absolute atomic E-state index is 12.5. The summed E-state index contributed by atoms with van der Waals surface area (Å²) in [7, 11) is 0. The van der Waals surface area contributed by atoms with Crippen LogP contribution in [-0.4, -0.2) is 48.5 Å². The van der Waals surface area contributed by atoms with Gasteiger partial charge in [-0.05, 0) is 63.1 Å². The number of anilines is 1. The zero-order valence-corrected chi connectivity index (χ0v) is 17.7. The molecule has 1 aromatic carbocycles. The molecule has 1 atom stereocenters. The van der Waals surface area contributed by atoms with E-state index < -0.39 is 6.61 Å². The highest BCUT2D eigenvalue weighted by molar-refractivity contribution is 7.13. The van der Waals surface area contributed by atoms with Gasteiger partial charge in [-0.1, -0.05) is 0 Å². The zero-order valence-electron chi connectivity index (χ0n) is 16.9. The van der Waals surface area contributed by atoms with Crippen molar-refractivity contribution in [2.24, 2.45) is 0 Å². The van der Waals surface area contributed by atoms with E-state index in [-0.39, 0.29) is 29.6 Å². The molecule has 1 saturated heterocycles. The van der Waals surface area contributed by atoms with E-state index in [0.717, 1.165) is 17.7 Å². The molecular weight excluding hydrogens is 412 g/mol. The van der Waals surface area contributed by atoms with Crippen LogP contribution in [-0.2, 0) is 4.79 Å². The Hall–Kier alpha value is -2.52. The Morgan fingerprint density at radius 2 is 1.80 bits per heavy atom. The van der Waals surface area contributed by atoms with Crippen molar-refractivity contribution in [2.75, 3.05) is 18.4 Å². The Balaban J connectivity index is 1.45. The second kappa shape index (κ2) is 9.99. The number of carbonyl (C=O) groups is 2. The van der Waals surface area contributed by atoms with Crippen LogP contribution in [0.25, 0.3) is 0 Å². The number of ether oxygens (including phenoxy) is 1. The van der Waals surface area contributed by atoms with Crippen molar-refractivity contribution < 1.29 is 23.1 Å². The average molecular weight is 438 g/mol. The summed E-state index contributed by atoms with van der Waals surface area (Å²) < 4.78 is 28.7. The minimum Gasteiger partial charge on any atom is -0.435 e. The first-order valence-corrected chi connectivity index (χ1v) is 10.6. The van der Waals surface area contributed by atoms with E-state index in [1.54, 1.807) is 0 Å². The van der Waals surface area contributed by atoms with Gasteiger partial charge in [-0.3, -0.25) is 14.5 Å². The molecule has 3 rings (SSSR count). The molecule has 162 valence electrons. The summed E-state index contributed by atoms with van der Waals surface area (Å²) in [4.78, 5) is 28.7. The maximum atomic E-state index is 12.5. The number of likely N-dealkylation sites (tertiary alicyclic amines) is 1. The minimum atomic E-state index is -2.88. The molecule has 0 aliphatic carbocycles. The van der Waals surface area contributed by atoms with Crippen LogP contribution >= 0.6 is 11.3 Å². The summed E-state index contributed by atoms with van der Waals surface area (Å²) in [5, 5.41) is 5.87. The standard InChI is InChI=1S/C21H25F2N3O3S/c1-13-3-8-18(30-13)20(28)25-16-9-11-26(12-10-16)14(2)19(27)24-15-4-6-17(7-5-15)29-21(22)23/h3-8,14,16,21H,9-12H2,1-2H3,(H,24,27)(H,25,28). The SMILES string of the molecule is Cc1ccc(C(=O)NC2CCN(C(C)C(=O)Nc3ccc(OC(F)F)cc3)CC2)s1. The van der Waals surface area contributed by atoms with Crippen molar-refractivity contribution in [1.29, 1.82) is 0 Å². The second-order valence-corrected chi connectivity index (χ2v) is 8.55. The number of hydrogen-bond donors (Lipinski definition) is 2. The lowest BCUT2D eigenvalue weighted by Gasteiger charge is -2.35. The molecule has 0 bridgehead atoms. The van der Waals surface area contributed by atoms with E-state index in [1.165, 1.54) is 35.6 Å². The highest BCUT2D eigenvalue weighted by Crippen LogP contribution is 2.20. The molecule has 0 spiro atoms. The normalized spacial score (nSPS) is 16.3. The first-order valence-electron chi connectivity index (χ1n) is 9.79. The number of benzene rings is 1. The topological polar surface area (TPSA) is 70.7 Å². The molecule has 9 heteroatoms. The molecule has 1 aliphatic rings. The molecule has 1 aliphatic heterocycles. The summed E-state index contributed by atoms with van der Waals surface area (Å²) in [6.07, 6.45) is 1.54. The van der Waals surface area contributed by atoms with E-state index in [9.17, 15) is 18.4 Å². The van der Waals surface area contributed by atoms with Crippen molar-refractivity contribution in [3.63, 3.8) is 0 Å². The average Bonchev–Trinajstić information content (AvgIpc) is 3.15. The van der Waals surface area contributed by atoms with E-state index in [0.29, 0.717) is 23.7 Å². The molecule has 2 amide bonds. The molecule has 6 nitrogen and oxygen atoms in total. The zero-order chi connectivity index (χ0) is 21.7. The van der Waals surface area contributed by atoms with Crippen molar-refractivity contribution in [3.8, 4) is 5.75 Å². The Morgan fingerprint density at radius 3 is 2.37 bits per heavy atom. The molecule has 30 heavy (non-hydrogen) atoms. The molecule has 0 saturated carbocycles. The van der Waals surface area contributed by atoms with Gasteiger partial charge in [0.05, 0.1) is 10.9 Å². The lowest BCUT2D eigenvalue weighted by molar-refractivity contribution is -0.121. The number of piperidine rings is 1. The van der Waals surface area contributed by atoms with Crippen LogP contribution in [0.4, 0.5) is 14.5 Å². The largest absolute Gasteiger partial charge is 0.435 e. The molecule has 1 aromatic heterocycles. The van der Waals surface area contributed by atoms with Crippen molar-refractivity contribution in [3.05, 3.63) is 46.2 Å². The first-order chi connectivity index (χ1) is 14.3. The van der Waals surface area contributed by atoms with Gasteiger partial charge in [0.25, 0.3) is 5.91 Å². The summed E-state index contributed by atoms with van der Waals surface area (Å²) in [6, 6.07) is 9.33. The molecule has 1 unspecified atom stereocenters. The first kappa shape index (κ1) is 22.2. The summed E-state index contributed by atoms with van der Waals surface area (Å²) in [5.74, 6) is -0.177. The Bertz CT molecular complexity index is 865. The molecule has 2 aromatic rings. The summed E-state index contributed by atoms with van der Waals surface area (Å²) in [6.45, 7) is 2.32. The highest BCUT2D eigenvalue weighted by Gasteiger charge is 2.27. The van der Waals surface area contributed by atoms with E-state index in [2.05, 4.69) is 20.3 Å². The number of nitrogens with zero attached hydrogens (tertiary/aromatic N) is 1. The van der Waals surface area contributed by atoms with Crippen LogP contribution in [0.2, 0.25) is 0 Å². The number of alkyl halides is 2. The van der Waals surface area contributed by atoms with Crippen LogP contribution in [0.5, 0.6) is 5.75 Å². The predicted octanol–water partition coefficient (Wildman–Crippen LogP) is 3.88. The van der Waals surface area contributed by atoms with E-state index in [1.807, 2.05) is 26.0 Å². The smallest absolute Gasteiger partial charge is 0.387 e. The van der Waals surface area contributed by atoms with Gasteiger partial charge in [0.2, 0.25) is 5.91 Å². The van der Waals surface area contributed by atoms with Gasteiger partial charge in [0, 0.05) is 29.7 Å². The fraction of sp³-hybridized carbons (Fsp3) is 0.429. The number of hydrogen-bond acceptors (Lipinski definition) is 5. The van der Waals surface area contributed by atoms with Gasteiger partial charge in [-0.25, -0.2) is 0 Å². The lowest BCUT2D eigenvalue weighted by Crippen LogP contribution is -2.50. The fourth-order valence-corrected chi connectivity index (χ4v) is 4.15. The minimum absolute atomic E-state index is 0.0397. The third-order valence-electron chi connectivity index (χ3n) is 5.10. The number of aryl methyl sites for hydroxylation is 1. The van der Waals surface area contributed by atoms with Crippen LogP contribution in [0.15, 0.2) is 36.4 Å². The van der Waals surface area contributed by atoms with Gasteiger partial charge < -0.3 is 15.4 Å². The lowest BCUT2D eigenvalue weighted by atomic mass is 10.0. The van der Waals surface area contributed by atoms with E-state index in [4.69, 9.17) is 0 Å². The number of thiophene rings is 1. The van der Waals surface area contributed by atoms with Crippen LogP contribution in [0.1, 0.15) is 34.3 Å². The van der Waals surface area contributed by atoms with Gasteiger partial charge in [0.1, 0.15) is 5.75 Å². The Morgan fingerprint density at radius 1 is 1.13 bits per heavy atom. The molecular formula is C21H25F2N3O3S. The Kier molecular flexibility index (Phi) is 7.38. The van der Waals surface area contributed by atoms with Gasteiger partial charge in [-0.15, -0.1) is 11.3 Å². The van der Waals surface area contributed by atoms with Crippen molar-refractivity contribution in [1.82, 2.24) is 10.2 Å². The third kappa shape index (κ3) is 5.99. The summed E-state index contributed by atoms with van der Waals surface area (Å²) in [5.41, 5.74) is 0.516. The molecule has 2 N–H and O–H groups in total. The predicted molar refractivity (Wildman–Crippen MR) is 112 cm³/mol. The van der Waals surface area contributed by atoms with Gasteiger partial charge >= 0.3 is 6.61 Å². The number of rotatable bonds is 7. The van der Waals surface area contributed by atoms with Crippen molar-refractivity contribution >= 4 is 28.8 Å².